The molecule has 0 aromatic carbocycles. The van der Waals surface area contributed by atoms with Crippen molar-refractivity contribution in [1.29, 1.82) is 0 Å². The first kappa shape index (κ1) is 53.7. The van der Waals surface area contributed by atoms with Crippen molar-refractivity contribution in [3.63, 3.8) is 0 Å². The Kier molecular flexibility index (Phi) is 23.3. The van der Waals surface area contributed by atoms with Crippen LogP contribution in [-0.4, -0.2) is 53.5 Å². The zero-order chi connectivity index (χ0) is 46.0. The van der Waals surface area contributed by atoms with Crippen LogP contribution in [0.2, 0.25) is 0 Å². The number of aliphatic hydroxyl groups is 2. The number of aliphatic hydroxyl groups excluding tert-OH is 2. The molecular formula is C58H102O6. The first-order valence-electron chi connectivity index (χ1n) is 28.1. The van der Waals surface area contributed by atoms with Crippen molar-refractivity contribution in [2.75, 3.05) is 6.61 Å². The van der Waals surface area contributed by atoms with Crippen molar-refractivity contribution in [3.05, 3.63) is 23.8 Å². The Morgan fingerprint density at radius 1 is 0.750 bits per heavy atom. The minimum absolute atomic E-state index is 0.0252. The van der Waals surface area contributed by atoms with Crippen LogP contribution in [0, 0.1) is 52.3 Å². The summed E-state index contributed by atoms with van der Waals surface area (Å²) < 4.78 is 18.5. The molecule has 4 aliphatic carbocycles. The second-order valence-corrected chi connectivity index (χ2v) is 23.1. The molecule has 0 unspecified atom stereocenters. The fourth-order valence-electron chi connectivity index (χ4n) is 14.0. The van der Waals surface area contributed by atoms with Crippen LogP contribution in [0.25, 0.3) is 0 Å². The Bertz CT molecular complexity index is 1370. The summed E-state index contributed by atoms with van der Waals surface area (Å²) >= 11 is 0. The van der Waals surface area contributed by atoms with E-state index in [2.05, 4.69) is 66.7 Å². The zero-order valence-corrected chi connectivity index (χ0v) is 42.8. The van der Waals surface area contributed by atoms with Crippen LogP contribution in [0.1, 0.15) is 248 Å². The number of ether oxygens (including phenoxy) is 3. The molecule has 3 saturated carbocycles. The number of hydrogen-bond acceptors (Lipinski definition) is 6. The van der Waals surface area contributed by atoms with E-state index in [0.717, 1.165) is 62.2 Å². The van der Waals surface area contributed by atoms with E-state index in [1.807, 2.05) is 0 Å². The fraction of sp³-hybridized carbons (Fsp3) is 0.914. The predicted octanol–water partition coefficient (Wildman–Crippen LogP) is 15.4. The van der Waals surface area contributed by atoms with Crippen LogP contribution in [0.3, 0.4) is 0 Å². The molecule has 0 spiro atoms. The third kappa shape index (κ3) is 15.1. The molecule has 13 atom stereocenters. The number of esters is 1. The minimum Gasteiger partial charge on any atom is -0.454 e. The Labute approximate surface area is 394 Å². The van der Waals surface area contributed by atoms with Gasteiger partial charge < -0.3 is 24.4 Å². The third-order valence-electron chi connectivity index (χ3n) is 18.3. The van der Waals surface area contributed by atoms with Gasteiger partial charge in [0.2, 0.25) is 0 Å². The van der Waals surface area contributed by atoms with Crippen LogP contribution in [0.5, 0.6) is 0 Å². The SMILES string of the molecule is CCCCCCCCCCCCCCCCCCCCCCCC(=O)O[C@H]1[C@H](O[C@H]2CC[C@@]3(C)C(=CC[C@H]4[C@@H]5CC[C@H]([C@H](C)/C=C/[C@@H](CC)C(C)C)[C@@]5(C)CC[C@@H]43)C2)OC[C@@H](O)[C@@H]1O. The number of carbonyl (C=O) groups excluding carboxylic acids is 1. The number of allylic oxidation sites excluding steroid dienone is 3. The molecule has 370 valence electrons. The normalized spacial score (nSPS) is 33.7. The molecule has 5 rings (SSSR count). The fourth-order valence-corrected chi connectivity index (χ4v) is 14.0. The van der Waals surface area contributed by atoms with Gasteiger partial charge in [0.05, 0.1) is 12.7 Å². The van der Waals surface area contributed by atoms with Gasteiger partial charge in [0, 0.05) is 6.42 Å². The molecule has 0 aromatic rings. The van der Waals surface area contributed by atoms with Crippen molar-refractivity contribution in [2.24, 2.45) is 52.3 Å². The number of carbonyl (C=O) groups is 1. The maximum Gasteiger partial charge on any atom is 0.306 e. The maximum atomic E-state index is 13.1. The van der Waals surface area contributed by atoms with Crippen LogP contribution in [-0.2, 0) is 19.0 Å². The summed E-state index contributed by atoms with van der Waals surface area (Å²) in [5.74, 6) is 4.73. The van der Waals surface area contributed by atoms with Crippen LogP contribution in [0.4, 0.5) is 0 Å². The Morgan fingerprint density at radius 3 is 1.89 bits per heavy atom. The molecule has 6 nitrogen and oxygen atoms in total. The Morgan fingerprint density at radius 2 is 1.33 bits per heavy atom. The van der Waals surface area contributed by atoms with Gasteiger partial charge >= 0.3 is 5.97 Å². The highest BCUT2D eigenvalue weighted by atomic mass is 16.7. The molecule has 2 N–H and O–H groups in total. The van der Waals surface area contributed by atoms with Gasteiger partial charge in [-0.15, -0.1) is 0 Å². The summed E-state index contributed by atoms with van der Waals surface area (Å²) in [5, 5.41) is 21.5. The average Bonchev–Trinajstić information content (AvgIpc) is 3.64. The highest BCUT2D eigenvalue weighted by molar-refractivity contribution is 5.69. The standard InChI is InChI=1S/C58H102O6/c1-8-10-11-12-13-14-15-16-17-18-19-20-21-22-23-24-25-26-27-28-29-30-53(60)64-55-54(61)52(59)42-62-56(55)63-47-37-39-57(6)46(41-47)33-34-48-50-36-35-49(58(50,7)40-38-51(48)57)44(5)31-32-45(9-2)43(3)4/h31-33,43-45,47-52,54-56,59,61H,8-30,34-42H2,1-7H3/b32-31+/t44-,45-,47+,48+,49-,50+,51+,52-,54+,55-,56+,57+,58-/m1/s1. The van der Waals surface area contributed by atoms with Crippen molar-refractivity contribution < 1.29 is 29.2 Å². The lowest BCUT2D eigenvalue weighted by Crippen LogP contribution is -2.56. The quantitative estimate of drug-likeness (QED) is 0.0424. The largest absolute Gasteiger partial charge is 0.454 e. The van der Waals surface area contributed by atoms with Gasteiger partial charge in [0.25, 0.3) is 0 Å². The number of fused-ring (bicyclic) bond motifs is 5. The highest BCUT2D eigenvalue weighted by Gasteiger charge is 2.59. The monoisotopic (exact) mass is 895 g/mol. The van der Waals surface area contributed by atoms with Crippen molar-refractivity contribution in [2.45, 2.75) is 278 Å². The molecule has 1 saturated heterocycles. The van der Waals surface area contributed by atoms with E-state index in [0.29, 0.717) is 29.6 Å². The number of rotatable bonds is 30. The lowest BCUT2D eigenvalue weighted by molar-refractivity contribution is -0.289. The molecule has 1 heterocycles. The van der Waals surface area contributed by atoms with Crippen LogP contribution < -0.4 is 0 Å². The van der Waals surface area contributed by atoms with E-state index in [4.69, 9.17) is 14.2 Å². The van der Waals surface area contributed by atoms with Crippen LogP contribution in [0.15, 0.2) is 23.8 Å². The van der Waals surface area contributed by atoms with E-state index >= 15 is 0 Å². The molecule has 0 bridgehead atoms. The molecule has 0 aromatic heterocycles. The number of unbranched alkanes of at least 4 members (excludes halogenated alkanes) is 20. The number of hydrogen-bond donors (Lipinski definition) is 2. The summed E-state index contributed by atoms with van der Waals surface area (Å²) in [5.41, 5.74) is 2.16. The van der Waals surface area contributed by atoms with E-state index in [1.165, 1.54) is 154 Å². The summed E-state index contributed by atoms with van der Waals surface area (Å²) in [6, 6.07) is 0. The molecule has 6 heteroatoms. The van der Waals surface area contributed by atoms with Gasteiger partial charge in [-0.2, -0.15) is 0 Å². The topological polar surface area (TPSA) is 85.2 Å². The molecule has 0 amide bonds. The predicted molar refractivity (Wildman–Crippen MR) is 266 cm³/mol. The molecule has 0 radical (unpaired) electrons. The third-order valence-corrected chi connectivity index (χ3v) is 18.3. The van der Waals surface area contributed by atoms with Crippen LogP contribution >= 0.6 is 0 Å². The molecule has 1 aliphatic heterocycles. The van der Waals surface area contributed by atoms with Gasteiger partial charge in [0.1, 0.15) is 12.2 Å². The molecule has 4 fully saturated rings. The van der Waals surface area contributed by atoms with Crippen molar-refractivity contribution in [1.82, 2.24) is 0 Å². The summed E-state index contributed by atoms with van der Waals surface area (Å²) in [7, 11) is 0. The molecule has 64 heavy (non-hydrogen) atoms. The lowest BCUT2D eigenvalue weighted by Gasteiger charge is -2.58. The average molecular weight is 895 g/mol. The zero-order valence-electron chi connectivity index (χ0n) is 42.8. The summed E-state index contributed by atoms with van der Waals surface area (Å²) in [6.45, 7) is 17.0. The smallest absolute Gasteiger partial charge is 0.306 e. The van der Waals surface area contributed by atoms with Gasteiger partial charge in [-0.3, -0.25) is 4.79 Å². The molecule has 5 aliphatic rings. The minimum atomic E-state index is -1.22. The Hall–Kier alpha value is -1.21. The first-order chi connectivity index (χ1) is 30.9. The van der Waals surface area contributed by atoms with Gasteiger partial charge in [0.15, 0.2) is 12.4 Å². The maximum absolute atomic E-state index is 13.1. The van der Waals surface area contributed by atoms with E-state index in [1.54, 1.807) is 5.57 Å². The van der Waals surface area contributed by atoms with Gasteiger partial charge in [-0.1, -0.05) is 201 Å². The van der Waals surface area contributed by atoms with E-state index in [9.17, 15) is 15.0 Å². The second kappa shape index (κ2) is 27.7. The first-order valence-corrected chi connectivity index (χ1v) is 28.1. The van der Waals surface area contributed by atoms with Crippen molar-refractivity contribution >= 4 is 5.97 Å². The van der Waals surface area contributed by atoms with E-state index in [-0.39, 0.29) is 24.1 Å². The lowest BCUT2D eigenvalue weighted by atomic mass is 9.47. The molecular weight excluding hydrogens is 793 g/mol. The second-order valence-electron chi connectivity index (χ2n) is 23.1. The Balaban J connectivity index is 0.963. The van der Waals surface area contributed by atoms with Gasteiger partial charge in [-0.25, -0.2) is 0 Å². The highest BCUT2D eigenvalue weighted by Crippen LogP contribution is 2.67. The van der Waals surface area contributed by atoms with E-state index < -0.39 is 24.6 Å². The van der Waals surface area contributed by atoms with Crippen molar-refractivity contribution in [3.8, 4) is 0 Å². The summed E-state index contributed by atoms with van der Waals surface area (Å²) in [6.07, 6.45) is 42.3. The van der Waals surface area contributed by atoms with Gasteiger partial charge in [-0.05, 0) is 116 Å². The summed E-state index contributed by atoms with van der Waals surface area (Å²) in [4.78, 5) is 13.1.